The number of nitrogens with zero attached hydrogens (tertiary/aromatic N) is 1. The van der Waals surface area contributed by atoms with Crippen molar-refractivity contribution in [2.75, 3.05) is 25.2 Å². The Morgan fingerprint density at radius 3 is 2.61 bits per heavy atom. The van der Waals surface area contributed by atoms with E-state index in [-0.39, 0.29) is 16.8 Å². The first kappa shape index (κ1) is 18.2. The second-order valence-electron chi connectivity index (χ2n) is 6.44. The van der Waals surface area contributed by atoms with Crippen LogP contribution in [0.1, 0.15) is 5.56 Å². The molecule has 2 aromatic carbocycles. The number of alkyl halides is 3. The standard InChI is InChI=1S/C20H17F3N2O3/c1-27-15-7-3-2-6-14(15)25-10-9-13-18(25)12-5-4-8-16(17(12)24-19(13)26)28-11-20(21,22)23/h2-8H,9-11H2,1H3,(H,24,26). The minimum Gasteiger partial charge on any atom is -0.495 e. The number of rotatable bonds is 4. The number of nitrogens with one attached hydrogen (secondary N) is 1. The molecule has 146 valence electrons. The number of aromatic amines is 1. The smallest absolute Gasteiger partial charge is 0.422 e. The van der Waals surface area contributed by atoms with Gasteiger partial charge in [0, 0.05) is 17.5 Å². The van der Waals surface area contributed by atoms with Crippen molar-refractivity contribution in [3.8, 4) is 11.5 Å². The van der Waals surface area contributed by atoms with Gasteiger partial charge in [0.05, 0.1) is 24.0 Å². The van der Waals surface area contributed by atoms with Gasteiger partial charge in [-0.2, -0.15) is 13.2 Å². The predicted octanol–water partition coefficient (Wildman–Crippen LogP) is 4.17. The Morgan fingerprint density at radius 2 is 1.86 bits per heavy atom. The van der Waals surface area contributed by atoms with Crippen LogP contribution in [0.15, 0.2) is 47.3 Å². The highest BCUT2D eigenvalue weighted by molar-refractivity contribution is 5.99. The quantitative estimate of drug-likeness (QED) is 0.727. The van der Waals surface area contributed by atoms with Crippen LogP contribution in [0.4, 0.5) is 24.5 Å². The number of halogens is 3. The molecule has 4 rings (SSSR count). The summed E-state index contributed by atoms with van der Waals surface area (Å²) in [5.41, 5.74) is 1.96. The third-order valence-electron chi connectivity index (χ3n) is 4.70. The first-order valence-corrected chi connectivity index (χ1v) is 8.67. The fraction of sp³-hybridized carbons (Fsp3) is 0.250. The summed E-state index contributed by atoms with van der Waals surface area (Å²) in [5, 5.41) is 0.623. The molecule has 3 aromatic rings. The Hall–Kier alpha value is -3.16. The summed E-state index contributed by atoms with van der Waals surface area (Å²) in [6.45, 7) is -0.868. The molecule has 0 radical (unpaired) electrons. The molecule has 1 aromatic heterocycles. The number of H-pyrrole nitrogens is 1. The molecule has 1 aliphatic heterocycles. The average molecular weight is 390 g/mol. The fourth-order valence-corrected chi connectivity index (χ4v) is 3.57. The summed E-state index contributed by atoms with van der Waals surface area (Å²) in [5.74, 6) is 0.634. The molecule has 28 heavy (non-hydrogen) atoms. The minimum absolute atomic E-state index is 0.0124. The highest BCUT2D eigenvalue weighted by atomic mass is 19.4. The summed E-state index contributed by atoms with van der Waals surface area (Å²) in [7, 11) is 1.56. The van der Waals surface area contributed by atoms with Crippen LogP contribution in [-0.2, 0) is 6.42 Å². The normalized spacial score (nSPS) is 13.6. The maximum absolute atomic E-state index is 12.6. The summed E-state index contributed by atoms with van der Waals surface area (Å²) in [6, 6.07) is 12.2. The largest absolute Gasteiger partial charge is 0.495 e. The van der Waals surface area contributed by atoms with Crippen LogP contribution in [0.5, 0.6) is 11.5 Å². The maximum atomic E-state index is 12.6. The van der Waals surface area contributed by atoms with E-state index in [0.29, 0.717) is 35.4 Å². The van der Waals surface area contributed by atoms with Crippen molar-refractivity contribution in [1.29, 1.82) is 0 Å². The molecule has 0 fully saturated rings. The Labute approximate surface area is 158 Å². The third-order valence-corrected chi connectivity index (χ3v) is 4.70. The molecule has 1 N–H and O–H groups in total. The number of methoxy groups -OCH3 is 1. The molecule has 0 unspecified atom stereocenters. The number of aromatic nitrogens is 1. The highest BCUT2D eigenvalue weighted by Gasteiger charge is 2.31. The molecule has 0 atom stereocenters. The van der Waals surface area contributed by atoms with Crippen molar-refractivity contribution in [1.82, 2.24) is 4.98 Å². The van der Waals surface area contributed by atoms with E-state index in [9.17, 15) is 18.0 Å². The van der Waals surface area contributed by atoms with Crippen molar-refractivity contribution in [2.45, 2.75) is 12.6 Å². The average Bonchev–Trinajstić information content (AvgIpc) is 3.12. The van der Waals surface area contributed by atoms with Crippen molar-refractivity contribution in [3.05, 3.63) is 58.4 Å². The molecule has 1 aliphatic rings. The topological polar surface area (TPSA) is 54.6 Å². The Bertz CT molecular complexity index is 1090. The number of fused-ring (bicyclic) bond motifs is 3. The zero-order chi connectivity index (χ0) is 19.9. The molecule has 0 aliphatic carbocycles. The van der Waals surface area contributed by atoms with Gasteiger partial charge in [0.15, 0.2) is 6.61 Å². The lowest BCUT2D eigenvalue weighted by Gasteiger charge is -2.23. The summed E-state index contributed by atoms with van der Waals surface area (Å²) >= 11 is 0. The first-order valence-electron chi connectivity index (χ1n) is 8.67. The fourth-order valence-electron chi connectivity index (χ4n) is 3.57. The van der Waals surface area contributed by atoms with E-state index in [1.165, 1.54) is 6.07 Å². The van der Waals surface area contributed by atoms with Crippen LogP contribution in [-0.4, -0.2) is 31.4 Å². The van der Waals surface area contributed by atoms with E-state index >= 15 is 0 Å². The molecule has 0 saturated carbocycles. The molecule has 2 heterocycles. The second-order valence-corrected chi connectivity index (χ2v) is 6.44. The van der Waals surface area contributed by atoms with Crippen LogP contribution in [0.2, 0.25) is 0 Å². The lowest BCUT2D eigenvalue weighted by atomic mass is 10.1. The predicted molar refractivity (Wildman–Crippen MR) is 99.8 cm³/mol. The monoisotopic (exact) mass is 390 g/mol. The number of hydrogen-bond acceptors (Lipinski definition) is 4. The number of pyridine rings is 1. The number of ether oxygens (including phenoxy) is 2. The van der Waals surface area contributed by atoms with E-state index in [1.807, 2.05) is 29.2 Å². The number of anilines is 2. The Balaban J connectivity index is 1.88. The molecule has 8 heteroatoms. The summed E-state index contributed by atoms with van der Waals surface area (Å²) < 4.78 is 48.1. The van der Waals surface area contributed by atoms with E-state index in [1.54, 1.807) is 19.2 Å². The van der Waals surface area contributed by atoms with Gasteiger partial charge in [0.2, 0.25) is 0 Å². The van der Waals surface area contributed by atoms with Crippen LogP contribution >= 0.6 is 0 Å². The Morgan fingerprint density at radius 1 is 1.11 bits per heavy atom. The van der Waals surface area contributed by atoms with Gasteiger partial charge in [-0.05, 0) is 24.6 Å². The van der Waals surface area contributed by atoms with Crippen molar-refractivity contribution in [2.24, 2.45) is 0 Å². The van der Waals surface area contributed by atoms with Gasteiger partial charge >= 0.3 is 6.18 Å². The zero-order valence-electron chi connectivity index (χ0n) is 15.0. The van der Waals surface area contributed by atoms with Crippen LogP contribution < -0.4 is 19.9 Å². The third kappa shape index (κ3) is 3.15. The van der Waals surface area contributed by atoms with E-state index in [0.717, 1.165) is 5.69 Å². The van der Waals surface area contributed by atoms with Crippen LogP contribution in [0.25, 0.3) is 10.9 Å². The maximum Gasteiger partial charge on any atom is 0.422 e. The Kier molecular flexibility index (Phi) is 4.41. The van der Waals surface area contributed by atoms with Gasteiger partial charge in [-0.3, -0.25) is 4.79 Å². The molecule has 0 spiro atoms. The number of benzene rings is 2. The van der Waals surface area contributed by atoms with Gasteiger partial charge in [0.25, 0.3) is 5.56 Å². The number of para-hydroxylation sites is 3. The van der Waals surface area contributed by atoms with E-state index in [4.69, 9.17) is 9.47 Å². The molecular weight excluding hydrogens is 373 g/mol. The first-order chi connectivity index (χ1) is 13.4. The lowest BCUT2D eigenvalue weighted by molar-refractivity contribution is -0.153. The van der Waals surface area contributed by atoms with Gasteiger partial charge in [-0.1, -0.05) is 24.3 Å². The van der Waals surface area contributed by atoms with Gasteiger partial charge < -0.3 is 19.4 Å². The summed E-state index contributed by atoms with van der Waals surface area (Å²) in [6.07, 6.45) is -3.95. The zero-order valence-corrected chi connectivity index (χ0v) is 15.0. The molecule has 0 bridgehead atoms. The molecule has 0 saturated heterocycles. The van der Waals surface area contributed by atoms with E-state index < -0.39 is 12.8 Å². The SMILES string of the molecule is COc1ccccc1N1CCc2c1c1cccc(OCC(F)(F)F)c1[nH]c2=O. The van der Waals surface area contributed by atoms with Gasteiger partial charge in [-0.15, -0.1) is 0 Å². The van der Waals surface area contributed by atoms with Gasteiger partial charge in [0.1, 0.15) is 11.5 Å². The van der Waals surface area contributed by atoms with Gasteiger partial charge in [-0.25, -0.2) is 0 Å². The van der Waals surface area contributed by atoms with Crippen molar-refractivity contribution in [3.63, 3.8) is 0 Å². The molecule has 0 amide bonds. The second kappa shape index (κ2) is 6.78. The van der Waals surface area contributed by atoms with Crippen LogP contribution in [0, 0.1) is 0 Å². The van der Waals surface area contributed by atoms with Crippen molar-refractivity contribution >= 4 is 22.3 Å². The van der Waals surface area contributed by atoms with Crippen LogP contribution in [0.3, 0.4) is 0 Å². The van der Waals surface area contributed by atoms with E-state index in [2.05, 4.69) is 4.98 Å². The number of hydrogen-bond donors (Lipinski definition) is 1. The lowest BCUT2D eigenvalue weighted by Crippen LogP contribution is -2.20. The minimum atomic E-state index is -4.47. The molecule has 5 nitrogen and oxygen atoms in total. The molecular formula is C20H17F3N2O3. The van der Waals surface area contributed by atoms with Crippen molar-refractivity contribution < 1.29 is 22.6 Å². The highest BCUT2D eigenvalue weighted by Crippen LogP contribution is 2.42. The summed E-state index contributed by atoms with van der Waals surface area (Å²) in [4.78, 5) is 17.3.